The number of piperidine rings is 1. The van der Waals surface area contributed by atoms with E-state index in [1.54, 1.807) is 12.1 Å². The predicted octanol–water partition coefficient (Wildman–Crippen LogP) is 3.75. The summed E-state index contributed by atoms with van der Waals surface area (Å²) in [6.07, 6.45) is 0.747. The second-order valence-corrected chi connectivity index (χ2v) is 7.29. The number of carbonyl (C=O) groups is 1. The van der Waals surface area contributed by atoms with E-state index in [0.29, 0.717) is 17.7 Å². The Hall–Kier alpha value is -1.73. The van der Waals surface area contributed by atoms with Crippen LogP contribution in [0.3, 0.4) is 0 Å². The summed E-state index contributed by atoms with van der Waals surface area (Å²) in [5.41, 5.74) is 2.37. The minimum atomic E-state index is -0.856. The normalized spacial score (nSPS) is 18.5. The monoisotopic (exact) mass is 445 g/mol. The number of nitrogens with zero attached hydrogens (tertiary/aromatic N) is 1. The number of nitrogens with one attached hydrogen (secondary N) is 2. The van der Waals surface area contributed by atoms with Gasteiger partial charge in [-0.05, 0) is 62.5 Å². The Balaban J connectivity index is 0.00000210. The zero-order valence-electron chi connectivity index (χ0n) is 16.5. The predicted molar refractivity (Wildman–Crippen MR) is 116 cm³/mol. The van der Waals surface area contributed by atoms with Gasteiger partial charge in [0, 0.05) is 30.6 Å². The van der Waals surface area contributed by atoms with E-state index in [1.807, 2.05) is 37.2 Å². The Morgan fingerprint density at radius 3 is 2.59 bits per heavy atom. The number of hydrogen-bond donors (Lipinski definition) is 2. The van der Waals surface area contributed by atoms with Gasteiger partial charge >= 0.3 is 0 Å². The van der Waals surface area contributed by atoms with Crippen LogP contribution in [0, 0.1) is 11.6 Å². The van der Waals surface area contributed by atoms with Crippen LogP contribution in [-0.4, -0.2) is 44.0 Å². The van der Waals surface area contributed by atoms with Crippen molar-refractivity contribution >= 4 is 30.7 Å². The summed E-state index contributed by atoms with van der Waals surface area (Å²) in [4.78, 5) is 14.8. The van der Waals surface area contributed by atoms with Crippen LogP contribution in [0.5, 0.6) is 0 Å². The number of benzene rings is 2. The lowest BCUT2D eigenvalue weighted by Gasteiger charge is -2.33. The number of halogens is 4. The molecule has 1 saturated heterocycles. The smallest absolute Gasteiger partial charge is 0.251 e. The summed E-state index contributed by atoms with van der Waals surface area (Å²) in [5, 5.41) is 6.33. The fourth-order valence-corrected chi connectivity index (χ4v) is 3.58. The fourth-order valence-electron chi connectivity index (χ4n) is 3.58. The third-order valence-electron chi connectivity index (χ3n) is 4.86. The summed E-state index contributed by atoms with van der Waals surface area (Å²) < 4.78 is 26.9. The third-order valence-corrected chi connectivity index (χ3v) is 4.86. The largest absolute Gasteiger partial charge is 0.347 e. The summed E-state index contributed by atoms with van der Waals surface area (Å²) in [5.74, 6) is -1.93. The lowest BCUT2D eigenvalue weighted by molar-refractivity contribution is 0.0924. The molecule has 2 N–H and O–H groups in total. The molecule has 1 amide bonds. The molecule has 0 aromatic heterocycles. The van der Waals surface area contributed by atoms with E-state index in [1.165, 1.54) is 6.07 Å². The molecule has 1 aliphatic heterocycles. The van der Waals surface area contributed by atoms with Gasteiger partial charge in [-0.3, -0.25) is 4.79 Å². The number of amides is 1. The SMILES string of the molecule is CN(C)Cc1cccc(C(=O)NC2CNCCC2c2ccc(F)c(F)c2)c1.Cl.Cl. The Labute approximate surface area is 182 Å². The van der Waals surface area contributed by atoms with E-state index >= 15 is 0 Å². The second-order valence-electron chi connectivity index (χ2n) is 7.29. The molecular weight excluding hydrogens is 419 g/mol. The molecule has 0 radical (unpaired) electrons. The molecule has 0 spiro atoms. The van der Waals surface area contributed by atoms with Crippen LogP contribution in [0.25, 0.3) is 0 Å². The van der Waals surface area contributed by atoms with Gasteiger partial charge in [-0.15, -0.1) is 24.8 Å². The molecule has 2 unspecified atom stereocenters. The Morgan fingerprint density at radius 2 is 1.90 bits per heavy atom. The first kappa shape index (κ1) is 25.3. The quantitative estimate of drug-likeness (QED) is 0.736. The van der Waals surface area contributed by atoms with E-state index in [2.05, 4.69) is 10.6 Å². The van der Waals surface area contributed by atoms with Crippen molar-refractivity contribution in [3.8, 4) is 0 Å². The average molecular weight is 446 g/mol. The van der Waals surface area contributed by atoms with Gasteiger partial charge < -0.3 is 15.5 Å². The van der Waals surface area contributed by atoms with Crippen molar-refractivity contribution in [2.45, 2.75) is 24.9 Å². The molecular formula is C21H27Cl2F2N3O. The Bertz CT molecular complexity index is 820. The van der Waals surface area contributed by atoms with E-state index < -0.39 is 11.6 Å². The van der Waals surface area contributed by atoms with Crippen molar-refractivity contribution in [3.63, 3.8) is 0 Å². The van der Waals surface area contributed by atoms with Crippen molar-refractivity contribution in [3.05, 3.63) is 70.8 Å². The maximum atomic E-state index is 13.7. The molecule has 2 atom stereocenters. The van der Waals surface area contributed by atoms with Gasteiger partial charge in [0.25, 0.3) is 5.91 Å². The van der Waals surface area contributed by atoms with Gasteiger partial charge in [-0.25, -0.2) is 8.78 Å². The van der Waals surface area contributed by atoms with Crippen LogP contribution in [0.2, 0.25) is 0 Å². The van der Waals surface area contributed by atoms with Crippen molar-refractivity contribution in [2.24, 2.45) is 0 Å². The molecule has 0 saturated carbocycles. The van der Waals surface area contributed by atoms with Gasteiger partial charge in [0.15, 0.2) is 11.6 Å². The minimum Gasteiger partial charge on any atom is -0.347 e. The van der Waals surface area contributed by atoms with E-state index in [0.717, 1.165) is 31.1 Å². The van der Waals surface area contributed by atoms with Crippen LogP contribution in [0.1, 0.15) is 33.8 Å². The summed E-state index contributed by atoms with van der Waals surface area (Å²) in [6.45, 7) is 2.12. The van der Waals surface area contributed by atoms with E-state index in [4.69, 9.17) is 0 Å². The highest BCUT2D eigenvalue weighted by Crippen LogP contribution is 2.27. The zero-order valence-corrected chi connectivity index (χ0v) is 18.1. The molecule has 160 valence electrons. The van der Waals surface area contributed by atoms with Crippen molar-refractivity contribution in [1.82, 2.24) is 15.5 Å². The van der Waals surface area contributed by atoms with Gasteiger partial charge in [-0.1, -0.05) is 18.2 Å². The van der Waals surface area contributed by atoms with E-state index in [-0.39, 0.29) is 42.7 Å². The Morgan fingerprint density at radius 1 is 1.14 bits per heavy atom. The molecule has 8 heteroatoms. The fraction of sp³-hybridized carbons (Fsp3) is 0.381. The molecule has 0 bridgehead atoms. The van der Waals surface area contributed by atoms with Crippen LogP contribution in [0.15, 0.2) is 42.5 Å². The molecule has 1 fully saturated rings. The number of carbonyl (C=O) groups excluding carboxylic acids is 1. The van der Waals surface area contributed by atoms with Crippen molar-refractivity contribution in [2.75, 3.05) is 27.2 Å². The standard InChI is InChI=1S/C21H25F2N3O.2ClH/c1-26(2)13-14-4-3-5-16(10-14)21(27)25-20-12-24-9-8-17(20)15-6-7-18(22)19(23)11-15;;/h3-7,10-11,17,20,24H,8-9,12-13H2,1-2H3,(H,25,27);2*1H. The topological polar surface area (TPSA) is 44.4 Å². The maximum absolute atomic E-state index is 13.7. The van der Waals surface area contributed by atoms with Crippen molar-refractivity contribution in [1.29, 1.82) is 0 Å². The summed E-state index contributed by atoms with van der Waals surface area (Å²) in [6, 6.07) is 11.3. The molecule has 0 aliphatic carbocycles. The molecule has 3 rings (SSSR count). The molecule has 1 aliphatic rings. The first-order valence-corrected chi connectivity index (χ1v) is 9.14. The van der Waals surface area contributed by atoms with Crippen LogP contribution in [-0.2, 0) is 6.54 Å². The molecule has 2 aromatic carbocycles. The van der Waals surface area contributed by atoms with Crippen LogP contribution >= 0.6 is 24.8 Å². The maximum Gasteiger partial charge on any atom is 0.251 e. The van der Waals surface area contributed by atoms with Crippen molar-refractivity contribution < 1.29 is 13.6 Å². The van der Waals surface area contributed by atoms with E-state index in [9.17, 15) is 13.6 Å². The highest BCUT2D eigenvalue weighted by molar-refractivity contribution is 5.94. The molecule has 1 heterocycles. The highest BCUT2D eigenvalue weighted by atomic mass is 35.5. The first-order valence-electron chi connectivity index (χ1n) is 9.14. The lowest BCUT2D eigenvalue weighted by Crippen LogP contribution is -2.50. The summed E-state index contributed by atoms with van der Waals surface area (Å²) in [7, 11) is 3.96. The van der Waals surface area contributed by atoms with Crippen LogP contribution < -0.4 is 10.6 Å². The highest BCUT2D eigenvalue weighted by Gasteiger charge is 2.28. The van der Waals surface area contributed by atoms with Gasteiger partial charge in [-0.2, -0.15) is 0 Å². The lowest BCUT2D eigenvalue weighted by atomic mass is 9.85. The summed E-state index contributed by atoms with van der Waals surface area (Å²) >= 11 is 0. The van der Waals surface area contributed by atoms with Gasteiger partial charge in [0.2, 0.25) is 0 Å². The van der Waals surface area contributed by atoms with Crippen LogP contribution in [0.4, 0.5) is 8.78 Å². The van der Waals surface area contributed by atoms with Gasteiger partial charge in [0.05, 0.1) is 0 Å². The number of hydrogen-bond acceptors (Lipinski definition) is 3. The molecule has 2 aromatic rings. The zero-order chi connectivity index (χ0) is 19.4. The number of rotatable bonds is 5. The molecule has 4 nitrogen and oxygen atoms in total. The van der Waals surface area contributed by atoms with Gasteiger partial charge in [0.1, 0.15) is 0 Å². The molecule has 29 heavy (non-hydrogen) atoms. The average Bonchev–Trinajstić information content (AvgIpc) is 2.64. The second kappa shape index (κ2) is 11.5. The third kappa shape index (κ3) is 6.64. The first-order chi connectivity index (χ1) is 12.9. The minimum absolute atomic E-state index is 0. The Kier molecular flexibility index (Phi) is 10.00.